The zero-order valence-corrected chi connectivity index (χ0v) is 17.1. The number of carbonyl (C=O) groups is 3. The Hall–Kier alpha value is -3.74. The summed E-state index contributed by atoms with van der Waals surface area (Å²) in [5.74, 6) is 0.0277. The summed E-state index contributed by atoms with van der Waals surface area (Å²) in [4.78, 5) is 53.0. The minimum Gasteiger partial charge on any atom is -0.359 e. The van der Waals surface area contributed by atoms with Crippen LogP contribution in [0.4, 0.5) is 17.3 Å². The highest BCUT2D eigenvalue weighted by Gasteiger charge is 2.29. The number of aromatic nitrogens is 3. The van der Waals surface area contributed by atoms with Crippen LogP contribution in [0.5, 0.6) is 0 Å². The maximum atomic E-state index is 12.7. The number of piperidine rings is 2. The topological polar surface area (TPSA) is 124 Å². The Kier molecular flexibility index (Phi) is 5.66. The van der Waals surface area contributed by atoms with Crippen molar-refractivity contribution in [2.24, 2.45) is 5.92 Å². The predicted octanol–water partition coefficient (Wildman–Crippen LogP) is 2.36. The van der Waals surface area contributed by atoms with E-state index in [9.17, 15) is 14.4 Å². The van der Waals surface area contributed by atoms with E-state index in [0.29, 0.717) is 23.1 Å². The number of carbonyl (C=O) groups excluding carboxylic acids is 3. The van der Waals surface area contributed by atoms with E-state index in [4.69, 9.17) is 11.6 Å². The van der Waals surface area contributed by atoms with Gasteiger partial charge in [-0.1, -0.05) is 18.5 Å². The highest BCUT2D eigenvalue weighted by Crippen LogP contribution is 2.33. The number of H-pyrrole nitrogens is 1. The van der Waals surface area contributed by atoms with E-state index < -0.39 is 5.91 Å². The number of hydrogen-bond donors (Lipinski definition) is 3. The number of imidazole rings is 1. The van der Waals surface area contributed by atoms with Crippen LogP contribution in [-0.2, 0) is 9.59 Å². The van der Waals surface area contributed by atoms with Gasteiger partial charge in [0.2, 0.25) is 11.8 Å². The number of nitrogens with one attached hydrogen (secondary N) is 3. The Balaban J connectivity index is 1.63. The Bertz CT molecular complexity index is 1050. The number of hydrogen-bond acceptors (Lipinski definition) is 6. The van der Waals surface area contributed by atoms with Crippen molar-refractivity contribution in [3.05, 3.63) is 41.3 Å². The average molecular weight is 421 g/mol. The number of aromatic amines is 1. The number of amides is 3. The van der Waals surface area contributed by atoms with Crippen LogP contribution in [0.25, 0.3) is 4.85 Å². The summed E-state index contributed by atoms with van der Waals surface area (Å²) in [6, 6.07) is 3.50. The lowest BCUT2D eigenvalue weighted by Gasteiger charge is -2.33. The molecule has 4 heterocycles. The van der Waals surface area contributed by atoms with Crippen LogP contribution >= 0.6 is 0 Å². The summed E-state index contributed by atoms with van der Waals surface area (Å²) in [6.45, 7) is 10.8. The molecule has 10 heteroatoms. The fourth-order valence-electron chi connectivity index (χ4n) is 3.90. The molecular formula is C21H23N7O3. The summed E-state index contributed by atoms with van der Waals surface area (Å²) in [5, 5.41) is 5.15. The number of imide groups is 1. The summed E-state index contributed by atoms with van der Waals surface area (Å²) in [7, 11) is 0. The van der Waals surface area contributed by atoms with Crippen LogP contribution in [0.15, 0.2) is 18.3 Å². The lowest BCUT2D eigenvalue weighted by Crippen LogP contribution is -2.38. The Labute approximate surface area is 179 Å². The number of rotatable bonds is 4. The first-order valence-electron chi connectivity index (χ1n) is 10.3. The first kappa shape index (κ1) is 20.5. The van der Waals surface area contributed by atoms with Gasteiger partial charge in [-0.05, 0) is 30.9 Å². The van der Waals surface area contributed by atoms with E-state index >= 15 is 0 Å². The van der Waals surface area contributed by atoms with E-state index in [0.717, 1.165) is 25.9 Å². The molecule has 0 spiro atoms. The molecule has 3 amide bonds. The van der Waals surface area contributed by atoms with Gasteiger partial charge in [0, 0.05) is 43.7 Å². The summed E-state index contributed by atoms with van der Waals surface area (Å²) < 4.78 is 0. The van der Waals surface area contributed by atoms with Gasteiger partial charge in [0.15, 0.2) is 5.82 Å². The quantitative estimate of drug-likeness (QED) is 0.514. The lowest BCUT2D eigenvalue weighted by atomic mass is 9.93. The molecule has 0 atom stereocenters. The standard InChI is InChI=1S/C21H23N7O3/c1-12-5-7-28(8-6-12)20-15(25-21(31)19-23-11-16(22-2)26-19)4-3-14(24-20)13-9-17(29)27-18(30)10-13/h3-4,11-13H,5-10H2,1H3,(H,23,26)(H,25,31)(H,27,29,30). The van der Waals surface area contributed by atoms with E-state index in [2.05, 4.69) is 37.3 Å². The van der Waals surface area contributed by atoms with Crippen molar-refractivity contribution in [1.29, 1.82) is 0 Å². The van der Waals surface area contributed by atoms with Gasteiger partial charge in [0.1, 0.15) is 0 Å². The zero-order chi connectivity index (χ0) is 22.0. The maximum absolute atomic E-state index is 12.7. The molecule has 0 aliphatic carbocycles. The average Bonchev–Trinajstić information content (AvgIpc) is 3.23. The summed E-state index contributed by atoms with van der Waals surface area (Å²) in [5.41, 5.74) is 1.18. The van der Waals surface area contributed by atoms with E-state index in [1.54, 1.807) is 12.1 Å². The van der Waals surface area contributed by atoms with Crippen molar-refractivity contribution in [3.8, 4) is 0 Å². The van der Waals surface area contributed by atoms with Gasteiger partial charge in [-0.2, -0.15) is 0 Å². The van der Waals surface area contributed by atoms with Crippen molar-refractivity contribution in [2.75, 3.05) is 23.3 Å². The lowest BCUT2D eigenvalue weighted by molar-refractivity contribution is -0.133. The minimum atomic E-state index is -0.469. The normalized spacial score (nSPS) is 17.9. The second kappa shape index (κ2) is 8.55. The Morgan fingerprint density at radius 3 is 2.55 bits per heavy atom. The molecule has 2 fully saturated rings. The predicted molar refractivity (Wildman–Crippen MR) is 113 cm³/mol. The smallest absolute Gasteiger partial charge is 0.316 e. The number of pyridine rings is 1. The van der Waals surface area contributed by atoms with Gasteiger partial charge < -0.3 is 20.0 Å². The van der Waals surface area contributed by atoms with Crippen LogP contribution in [0.3, 0.4) is 0 Å². The molecule has 2 saturated heterocycles. The SMILES string of the molecule is [C-]#[N+]c1c[nH]c(C(=O)Nc2ccc(C3CC(=O)NC(=O)C3)nc2N2CCC(C)CC2)n1. The Morgan fingerprint density at radius 1 is 1.19 bits per heavy atom. The zero-order valence-electron chi connectivity index (χ0n) is 17.1. The number of anilines is 2. The third kappa shape index (κ3) is 4.55. The molecule has 2 aliphatic heterocycles. The van der Waals surface area contributed by atoms with Gasteiger partial charge in [0.25, 0.3) is 11.6 Å². The van der Waals surface area contributed by atoms with Gasteiger partial charge in [0.05, 0.1) is 5.69 Å². The monoisotopic (exact) mass is 421 g/mol. The molecule has 3 N–H and O–H groups in total. The summed E-state index contributed by atoms with van der Waals surface area (Å²) in [6.07, 6.45) is 3.80. The fourth-order valence-corrected chi connectivity index (χ4v) is 3.90. The molecular weight excluding hydrogens is 398 g/mol. The van der Waals surface area contributed by atoms with Crippen LogP contribution < -0.4 is 15.5 Å². The van der Waals surface area contributed by atoms with Crippen molar-refractivity contribution >= 4 is 35.0 Å². The van der Waals surface area contributed by atoms with Crippen LogP contribution in [0.1, 0.15) is 54.8 Å². The maximum Gasteiger partial charge on any atom is 0.316 e. The highest BCUT2D eigenvalue weighted by atomic mass is 16.2. The molecule has 2 aromatic heterocycles. The first-order chi connectivity index (χ1) is 14.9. The van der Waals surface area contributed by atoms with E-state index in [1.807, 2.05) is 0 Å². The van der Waals surface area contributed by atoms with Gasteiger partial charge in [-0.15, -0.1) is 0 Å². The molecule has 0 aromatic carbocycles. The molecule has 4 rings (SSSR count). The van der Waals surface area contributed by atoms with Crippen molar-refractivity contribution in [3.63, 3.8) is 0 Å². The second-order valence-corrected chi connectivity index (χ2v) is 8.03. The molecule has 0 saturated carbocycles. The highest BCUT2D eigenvalue weighted by molar-refractivity contribution is 6.03. The summed E-state index contributed by atoms with van der Waals surface area (Å²) >= 11 is 0. The molecule has 31 heavy (non-hydrogen) atoms. The second-order valence-electron chi connectivity index (χ2n) is 8.03. The van der Waals surface area contributed by atoms with E-state index in [1.165, 1.54) is 6.20 Å². The van der Waals surface area contributed by atoms with Gasteiger partial charge >= 0.3 is 5.91 Å². The molecule has 2 aromatic rings. The largest absolute Gasteiger partial charge is 0.359 e. The van der Waals surface area contributed by atoms with Crippen molar-refractivity contribution in [1.82, 2.24) is 20.3 Å². The van der Waals surface area contributed by atoms with E-state index in [-0.39, 0.29) is 42.2 Å². The molecule has 0 unspecified atom stereocenters. The molecule has 160 valence electrons. The Morgan fingerprint density at radius 2 is 1.90 bits per heavy atom. The third-order valence-corrected chi connectivity index (χ3v) is 5.68. The first-order valence-corrected chi connectivity index (χ1v) is 10.3. The number of nitrogens with zero attached hydrogens (tertiary/aromatic N) is 4. The van der Waals surface area contributed by atoms with Gasteiger partial charge in [-0.25, -0.2) is 4.98 Å². The van der Waals surface area contributed by atoms with Crippen LogP contribution in [0.2, 0.25) is 0 Å². The fraction of sp³-hybridized carbons (Fsp3) is 0.429. The van der Waals surface area contributed by atoms with Gasteiger partial charge in [-0.3, -0.25) is 19.7 Å². The minimum absolute atomic E-state index is 0.0443. The van der Waals surface area contributed by atoms with Crippen molar-refractivity contribution in [2.45, 2.75) is 38.5 Å². The molecule has 2 aliphatic rings. The molecule has 10 nitrogen and oxygen atoms in total. The van der Waals surface area contributed by atoms with Crippen molar-refractivity contribution < 1.29 is 14.4 Å². The third-order valence-electron chi connectivity index (χ3n) is 5.68. The molecule has 0 radical (unpaired) electrons. The molecule has 0 bridgehead atoms. The van der Waals surface area contributed by atoms with Crippen LogP contribution in [-0.4, -0.2) is 45.8 Å². The van der Waals surface area contributed by atoms with Crippen LogP contribution in [0, 0.1) is 12.5 Å².